The lowest BCUT2D eigenvalue weighted by Crippen LogP contribution is -1.97. The first kappa shape index (κ1) is 15.9. The first-order valence-corrected chi connectivity index (χ1v) is 7.78. The van der Waals surface area contributed by atoms with E-state index in [0.717, 1.165) is 11.3 Å². The van der Waals surface area contributed by atoms with E-state index in [4.69, 9.17) is 40.5 Å². The SMILES string of the molecule is Nc1nc(-c2ccccc2)cn1N=Cc1c(Cl)ccc(Cl)c1Cl. The van der Waals surface area contributed by atoms with Crippen molar-refractivity contribution in [2.75, 3.05) is 5.73 Å². The van der Waals surface area contributed by atoms with Gasteiger partial charge < -0.3 is 5.73 Å². The Kier molecular flexibility index (Phi) is 4.57. The highest BCUT2D eigenvalue weighted by atomic mass is 35.5. The number of hydrogen-bond acceptors (Lipinski definition) is 3. The molecule has 0 spiro atoms. The molecule has 116 valence electrons. The number of nitrogens with two attached hydrogens (primary N) is 1. The Balaban J connectivity index is 1.96. The molecule has 2 aromatic carbocycles. The zero-order valence-corrected chi connectivity index (χ0v) is 14.0. The summed E-state index contributed by atoms with van der Waals surface area (Å²) in [5, 5.41) is 5.45. The van der Waals surface area contributed by atoms with Gasteiger partial charge in [-0.15, -0.1) is 0 Å². The molecule has 1 aromatic heterocycles. The molecular weight excluding hydrogens is 355 g/mol. The van der Waals surface area contributed by atoms with Crippen molar-refractivity contribution in [2.24, 2.45) is 5.10 Å². The van der Waals surface area contributed by atoms with Crippen LogP contribution in [0.4, 0.5) is 5.95 Å². The average molecular weight is 366 g/mol. The molecular formula is C16H11Cl3N4. The molecule has 0 radical (unpaired) electrons. The van der Waals surface area contributed by atoms with Gasteiger partial charge in [-0.2, -0.15) is 5.10 Å². The summed E-state index contributed by atoms with van der Waals surface area (Å²) < 4.78 is 1.45. The summed E-state index contributed by atoms with van der Waals surface area (Å²) in [6.07, 6.45) is 3.23. The van der Waals surface area contributed by atoms with Crippen molar-refractivity contribution in [2.45, 2.75) is 0 Å². The number of nitrogens with zero attached hydrogens (tertiary/aromatic N) is 3. The van der Waals surface area contributed by atoms with Crippen LogP contribution in [0.3, 0.4) is 0 Å². The van der Waals surface area contributed by atoms with Crippen LogP contribution in [0.25, 0.3) is 11.3 Å². The fraction of sp³-hybridized carbons (Fsp3) is 0. The molecule has 2 N–H and O–H groups in total. The second-order valence-corrected chi connectivity index (χ2v) is 5.89. The van der Waals surface area contributed by atoms with Crippen molar-refractivity contribution in [1.82, 2.24) is 9.66 Å². The normalized spacial score (nSPS) is 11.3. The molecule has 0 saturated heterocycles. The van der Waals surface area contributed by atoms with Crippen LogP contribution < -0.4 is 5.73 Å². The quantitative estimate of drug-likeness (QED) is 0.526. The van der Waals surface area contributed by atoms with Gasteiger partial charge in [-0.1, -0.05) is 65.1 Å². The summed E-state index contributed by atoms with van der Waals surface area (Å²) in [5.74, 6) is 0.259. The van der Waals surface area contributed by atoms with Gasteiger partial charge in [0.1, 0.15) is 0 Å². The van der Waals surface area contributed by atoms with E-state index in [0.29, 0.717) is 20.6 Å². The van der Waals surface area contributed by atoms with E-state index in [1.54, 1.807) is 18.3 Å². The predicted molar refractivity (Wildman–Crippen MR) is 96.5 cm³/mol. The number of benzene rings is 2. The molecule has 0 amide bonds. The lowest BCUT2D eigenvalue weighted by molar-refractivity contribution is 0.898. The van der Waals surface area contributed by atoms with E-state index in [2.05, 4.69) is 10.1 Å². The van der Waals surface area contributed by atoms with Gasteiger partial charge in [-0.3, -0.25) is 0 Å². The summed E-state index contributed by atoms with van der Waals surface area (Å²) in [6, 6.07) is 13.0. The molecule has 0 fully saturated rings. The van der Waals surface area contributed by atoms with Gasteiger partial charge in [-0.05, 0) is 12.1 Å². The first-order valence-electron chi connectivity index (χ1n) is 6.64. The third kappa shape index (κ3) is 3.34. The van der Waals surface area contributed by atoms with Gasteiger partial charge in [0, 0.05) is 11.1 Å². The third-order valence-corrected chi connectivity index (χ3v) is 4.32. The number of anilines is 1. The zero-order valence-electron chi connectivity index (χ0n) is 11.7. The summed E-state index contributed by atoms with van der Waals surface area (Å²) in [5.41, 5.74) is 8.09. The predicted octanol–water partition coefficient (Wildman–Crippen LogP) is 4.97. The summed E-state index contributed by atoms with van der Waals surface area (Å²) in [7, 11) is 0. The number of aromatic nitrogens is 2. The van der Waals surface area contributed by atoms with Gasteiger partial charge in [0.15, 0.2) is 0 Å². The molecule has 4 nitrogen and oxygen atoms in total. The van der Waals surface area contributed by atoms with Crippen molar-refractivity contribution >= 4 is 47.0 Å². The lowest BCUT2D eigenvalue weighted by atomic mass is 10.2. The second-order valence-electron chi connectivity index (χ2n) is 4.70. The van der Waals surface area contributed by atoms with Crippen LogP contribution in [0.15, 0.2) is 53.8 Å². The Bertz CT molecular complexity index is 873. The summed E-state index contributed by atoms with van der Waals surface area (Å²) in [4.78, 5) is 4.29. The van der Waals surface area contributed by atoms with Crippen LogP contribution in [0, 0.1) is 0 Å². The second kappa shape index (κ2) is 6.62. The number of halogens is 3. The molecule has 23 heavy (non-hydrogen) atoms. The van der Waals surface area contributed by atoms with E-state index in [1.165, 1.54) is 10.9 Å². The van der Waals surface area contributed by atoms with E-state index in [9.17, 15) is 0 Å². The van der Waals surface area contributed by atoms with Crippen LogP contribution in [-0.4, -0.2) is 15.9 Å². The Morgan fingerprint density at radius 2 is 1.70 bits per heavy atom. The van der Waals surface area contributed by atoms with Crippen molar-refractivity contribution in [1.29, 1.82) is 0 Å². The molecule has 0 bridgehead atoms. The minimum Gasteiger partial charge on any atom is -0.368 e. The highest BCUT2D eigenvalue weighted by Gasteiger charge is 2.09. The van der Waals surface area contributed by atoms with Crippen molar-refractivity contribution < 1.29 is 0 Å². The van der Waals surface area contributed by atoms with Gasteiger partial charge in [-0.25, -0.2) is 9.66 Å². The van der Waals surface area contributed by atoms with Crippen LogP contribution in [0.5, 0.6) is 0 Å². The fourth-order valence-corrected chi connectivity index (χ4v) is 2.64. The monoisotopic (exact) mass is 364 g/mol. The topological polar surface area (TPSA) is 56.2 Å². The number of nitrogen functional groups attached to an aromatic ring is 1. The van der Waals surface area contributed by atoms with Gasteiger partial charge in [0.2, 0.25) is 5.95 Å². The van der Waals surface area contributed by atoms with Crippen LogP contribution >= 0.6 is 34.8 Å². The molecule has 3 aromatic rings. The highest BCUT2D eigenvalue weighted by molar-refractivity contribution is 6.45. The maximum Gasteiger partial charge on any atom is 0.221 e. The van der Waals surface area contributed by atoms with E-state index in [1.807, 2.05) is 30.3 Å². The Labute approximate surface area is 148 Å². The van der Waals surface area contributed by atoms with Crippen LogP contribution in [0.2, 0.25) is 15.1 Å². The van der Waals surface area contributed by atoms with Gasteiger partial charge in [0.25, 0.3) is 0 Å². The van der Waals surface area contributed by atoms with Crippen LogP contribution in [-0.2, 0) is 0 Å². The van der Waals surface area contributed by atoms with Crippen molar-refractivity contribution in [3.05, 3.63) is 69.3 Å². The van der Waals surface area contributed by atoms with E-state index < -0.39 is 0 Å². The van der Waals surface area contributed by atoms with Crippen molar-refractivity contribution in [3.8, 4) is 11.3 Å². The minimum atomic E-state index is 0.259. The molecule has 0 aliphatic heterocycles. The highest BCUT2D eigenvalue weighted by Crippen LogP contribution is 2.30. The molecule has 0 unspecified atom stereocenters. The van der Waals surface area contributed by atoms with Crippen molar-refractivity contribution in [3.63, 3.8) is 0 Å². The smallest absolute Gasteiger partial charge is 0.221 e. The Morgan fingerprint density at radius 3 is 2.43 bits per heavy atom. The molecule has 3 rings (SSSR count). The van der Waals surface area contributed by atoms with Gasteiger partial charge >= 0.3 is 0 Å². The summed E-state index contributed by atoms with van der Waals surface area (Å²) >= 11 is 18.2. The molecule has 0 saturated carbocycles. The molecule has 0 aliphatic carbocycles. The Morgan fingerprint density at radius 1 is 1.00 bits per heavy atom. The maximum atomic E-state index is 6.14. The largest absolute Gasteiger partial charge is 0.368 e. The van der Waals surface area contributed by atoms with Crippen LogP contribution in [0.1, 0.15) is 5.56 Å². The molecule has 1 heterocycles. The standard InChI is InChI=1S/C16H11Cl3N4/c17-12-6-7-13(18)15(19)11(12)8-21-23-9-14(22-16(23)20)10-4-2-1-3-5-10/h1-9H,(H2,20,22). The third-order valence-electron chi connectivity index (χ3n) is 3.17. The number of hydrogen-bond donors (Lipinski definition) is 1. The molecule has 0 aliphatic rings. The first-order chi connectivity index (χ1) is 11.1. The fourth-order valence-electron chi connectivity index (χ4n) is 2.01. The molecule has 7 heteroatoms. The number of rotatable bonds is 3. The Hall–Kier alpha value is -2.01. The maximum absolute atomic E-state index is 6.14. The lowest BCUT2D eigenvalue weighted by Gasteiger charge is -2.03. The van der Waals surface area contributed by atoms with E-state index >= 15 is 0 Å². The average Bonchev–Trinajstić information content (AvgIpc) is 2.93. The van der Waals surface area contributed by atoms with Gasteiger partial charge in [0.05, 0.1) is 33.2 Å². The molecule has 0 atom stereocenters. The zero-order chi connectivity index (χ0) is 16.4. The summed E-state index contributed by atoms with van der Waals surface area (Å²) in [6.45, 7) is 0. The van der Waals surface area contributed by atoms with E-state index in [-0.39, 0.29) is 5.95 Å². The minimum absolute atomic E-state index is 0.259. The number of imidazole rings is 1.